The molecule has 138 valence electrons. The lowest BCUT2D eigenvalue weighted by molar-refractivity contribution is -0.0984. The van der Waals surface area contributed by atoms with Crippen molar-refractivity contribution in [3.63, 3.8) is 0 Å². The van der Waals surface area contributed by atoms with Gasteiger partial charge in [-0.25, -0.2) is 0 Å². The van der Waals surface area contributed by atoms with Crippen molar-refractivity contribution in [1.29, 1.82) is 0 Å². The lowest BCUT2D eigenvalue weighted by atomic mass is 10.1. The van der Waals surface area contributed by atoms with E-state index >= 15 is 0 Å². The van der Waals surface area contributed by atoms with Gasteiger partial charge in [-0.3, -0.25) is 23.5 Å². The molecule has 1 unspecified atom stereocenters. The van der Waals surface area contributed by atoms with E-state index in [-0.39, 0.29) is 26.2 Å². The van der Waals surface area contributed by atoms with Gasteiger partial charge in [0.25, 0.3) is 11.8 Å². The van der Waals surface area contributed by atoms with E-state index in [2.05, 4.69) is 0 Å². The highest BCUT2D eigenvalue weighted by atomic mass is 31.2. The Balaban J connectivity index is 1.65. The molecule has 25 heavy (non-hydrogen) atoms. The van der Waals surface area contributed by atoms with E-state index in [0.29, 0.717) is 24.2 Å². The number of hydrogen-bond acceptors (Lipinski definition) is 7. The maximum absolute atomic E-state index is 12.1. The number of amides is 2. The molecule has 0 spiro atoms. The number of benzene rings is 1. The summed E-state index contributed by atoms with van der Waals surface area (Å²) in [5.41, 5.74) is 0.673. The molecule has 1 aromatic carbocycles. The van der Waals surface area contributed by atoms with Crippen LogP contribution in [0.15, 0.2) is 24.3 Å². The fraction of sp³-hybridized carbons (Fsp3) is 0.500. The van der Waals surface area contributed by atoms with Gasteiger partial charge in [0.05, 0.1) is 30.9 Å². The van der Waals surface area contributed by atoms with Gasteiger partial charge in [0.15, 0.2) is 6.79 Å². The zero-order valence-electron chi connectivity index (χ0n) is 14.3. The number of hydrogen-bond donors (Lipinski definition) is 0. The SMILES string of the molecule is CCOP(=O)(CC)OCOCCCON1C(=O)c2ccccc2C1=O. The molecule has 0 aliphatic carbocycles. The Hall–Kier alpha value is -1.57. The van der Waals surface area contributed by atoms with Gasteiger partial charge < -0.3 is 9.26 Å². The second kappa shape index (κ2) is 9.22. The van der Waals surface area contributed by atoms with E-state index in [1.165, 1.54) is 0 Å². The maximum Gasteiger partial charge on any atom is 0.332 e. The molecule has 1 aliphatic rings. The molecule has 0 saturated carbocycles. The molecule has 8 nitrogen and oxygen atoms in total. The van der Waals surface area contributed by atoms with Gasteiger partial charge in [-0.1, -0.05) is 19.1 Å². The van der Waals surface area contributed by atoms with Crippen LogP contribution in [0.3, 0.4) is 0 Å². The Bertz CT molecular complexity index is 629. The van der Waals surface area contributed by atoms with Crippen molar-refractivity contribution in [2.75, 3.05) is 32.8 Å². The highest BCUT2D eigenvalue weighted by Crippen LogP contribution is 2.47. The summed E-state index contributed by atoms with van der Waals surface area (Å²) in [6.07, 6.45) is 0.703. The van der Waals surface area contributed by atoms with Crippen LogP contribution in [0.4, 0.5) is 0 Å². The van der Waals surface area contributed by atoms with Crippen molar-refractivity contribution in [3.05, 3.63) is 35.4 Å². The van der Waals surface area contributed by atoms with Crippen LogP contribution in [0.5, 0.6) is 0 Å². The van der Waals surface area contributed by atoms with Gasteiger partial charge in [0, 0.05) is 6.16 Å². The molecular formula is C16H22NO7P. The molecule has 2 amide bonds. The summed E-state index contributed by atoms with van der Waals surface area (Å²) >= 11 is 0. The van der Waals surface area contributed by atoms with Crippen LogP contribution in [-0.4, -0.2) is 49.7 Å². The molecule has 0 aromatic heterocycles. The molecule has 1 aromatic rings. The van der Waals surface area contributed by atoms with E-state index < -0.39 is 19.4 Å². The average Bonchev–Trinajstić information content (AvgIpc) is 2.86. The van der Waals surface area contributed by atoms with E-state index in [1.54, 1.807) is 38.1 Å². The highest BCUT2D eigenvalue weighted by Gasteiger charge is 2.36. The summed E-state index contributed by atoms with van der Waals surface area (Å²) in [4.78, 5) is 29.4. The van der Waals surface area contributed by atoms with Crippen LogP contribution < -0.4 is 0 Å². The zero-order chi connectivity index (χ0) is 18.3. The summed E-state index contributed by atoms with van der Waals surface area (Å²) < 4.78 is 27.4. The molecule has 1 aliphatic heterocycles. The number of fused-ring (bicyclic) bond motifs is 1. The van der Waals surface area contributed by atoms with Gasteiger partial charge >= 0.3 is 7.60 Å². The zero-order valence-corrected chi connectivity index (χ0v) is 15.2. The highest BCUT2D eigenvalue weighted by molar-refractivity contribution is 7.53. The maximum atomic E-state index is 12.1. The third-order valence-corrected chi connectivity index (χ3v) is 5.38. The molecule has 0 saturated heterocycles. The van der Waals surface area contributed by atoms with Crippen LogP contribution >= 0.6 is 7.60 Å². The fourth-order valence-corrected chi connectivity index (χ4v) is 3.26. The minimum atomic E-state index is -3.08. The third kappa shape index (κ3) is 4.96. The normalized spacial score (nSPS) is 16.2. The van der Waals surface area contributed by atoms with Gasteiger partial charge in [-0.2, -0.15) is 0 Å². The van der Waals surface area contributed by atoms with Crippen molar-refractivity contribution in [3.8, 4) is 0 Å². The number of nitrogens with zero attached hydrogens (tertiary/aromatic N) is 1. The minimum absolute atomic E-state index is 0.127. The van der Waals surface area contributed by atoms with E-state index in [9.17, 15) is 14.2 Å². The first kappa shape index (κ1) is 19.8. The monoisotopic (exact) mass is 371 g/mol. The van der Waals surface area contributed by atoms with E-state index in [0.717, 1.165) is 5.06 Å². The molecule has 1 heterocycles. The molecule has 1 atom stereocenters. The number of carbonyl (C=O) groups excluding carboxylic acids is 2. The largest absolute Gasteiger partial charge is 0.355 e. The number of hydroxylamine groups is 2. The van der Waals surface area contributed by atoms with Crippen molar-refractivity contribution in [2.45, 2.75) is 20.3 Å². The van der Waals surface area contributed by atoms with E-state index in [1.807, 2.05) is 0 Å². The van der Waals surface area contributed by atoms with Crippen LogP contribution in [0.25, 0.3) is 0 Å². The number of imide groups is 1. The second-order valence-corrected chi connectivity index (χ2v) is 7.51. The Morgan fingerprint density at radius 2 is 1.64 bits per heavy atom. The predicted octanol–water partition coefficient (Wildman–Crippen LogP) is 2.84. The fourth-order valence-electron chi connectivity index (χ4n) is 2.19. The van der Waals surface area contributed by atoms with Crippen LogP contribution in [0.2, 0.25) is 0 Å². The Morgan fingerprint density at radius 3 is 2.20 bits per heavy atom. The summed E-state index contributed by atoms with van der Waals surface area (Å²) in [5, 5.41) is 0.765. The van der Waals surface area contributed by atoms with Crippen molar-refractivity contribution in [1.82, 2.24) is 5.06 Å². The van der Waals surface area contributed by atoms with Crippen molar-refractivity contribution >= 4 is 19.4 Å². The summed E-state index contributed by atoms with van der Waals surface area (Å²) in [6, 6.07) is 6.56. The molecule has 0 N–H and O–H groups in total. The Morgan fingerprint density at radius 1 is 1.00 bits per heavy atom. The average molecular weight is 371 g/mol. The topological polar surface area (TPSA) is 91.4 Å². The standard InChI is InChI=1S/C16H22NO7P/c1-3-23-25(20,4-2)24-12-21-10-7-11-22-17-15(18)13-8-5-6-9-14(13)16(17)19/h5-6,8-9H,3-4,7,10-12H2,1-2H3. The quantitative estimate of drug-likeness (QED) is 0.256. The number of ether oxygens (including phenoxy) is 1. The lowest BCUT2D eigenvalue weighted by Crippen LogP contribution is -2.30. The first-order chi connectivity index (χ1) is 12.0. The molecule has 0 fully saturated rings. The first-order valence-corrected chi connectivity index (χ1v) is 9.81. The van der Waals surface area contributed by atoms with Crippen molar-refractivity contribution < 1.29 is 32.8 Å². The Labute approximate surface area is 146 Å². The van der Waals surface area contributed by atoms with Crippen LogP contribution in [-0.2, 0) is 23.2 Å². The summed E-state index contributed by atoms with van der Waals surface area (Å²) in [5.74, 6) is -0.934. The van der Waals surface area contributed by atoms with Crippen molar-refractivity contribution in [2.24, 2.45) is 0 Å². The van der Waals surface area contributed by atoms with Gasteiger partial charge in [-0.05, 0) is 25.5 Å². The third-order valence-electron chi connectivity index (χ3n) is 3.46. The smallest absolute Gasteiger partial charge is 0.332 e. The van der Waals surface area contributed by atoms with Gasteiger partial charge in [0.1, 0.15) is 0 Å². The second-order valence-electron chi connectivity index (χ2n) is 5.14. The summed E-state index contributed by atoms with van der Waals surface area (Å²) in [7, 11) is -3.08. The Kier molecular flexibility index (Phi) is 7.28. The van der Waals surface area contributed by atoms with Gasteiger partial charge in [-0.15, -0.1) is 5.06 Å². The lowest BCUT2D eigenvalue weighted by Gasteiger charge is -2.16. The van der Waals surface area contributed by atoms with Gasteiger partial charge in [0.2, 0.25) is 0 Å². The molecular weight excluding hydrogens is 349 g/mol. The first-order valence-electron chi connectivity index (χ1n) is 8.09. The predicted molar refractivity (Wildman–Crippen MR) is 89.2 cm³/mol. The minimum Gasteiger partial charge on any atom is -0.355 e. The number of rotatable bonds is 11. The van der Waals surface area contributed by atoms with E-state index in [4.69, 9.17) is 18.6 Å². The molecule has 0 radical (unpaired) electrons. The number of carbonyl (C=O) groups is 2. The summed E-state index contributed by atoms with van der Waals surface area (Å²) in [6.45, 7) is 3.99. The molecule has 9 heteroatoms. The van der Waals surface area contributed by atoms with Crippen LogP contribution in [0.1, 0.15) is 41.0 Å². The molecule has 0 bridgehead atoms. The van der Waals surface area contributed by atoms with Crippen LogP contribution in [0, 0.1) is 0 Å². The molecule has 2 rings (SSSR count).